The van der Waals surface area contributed by atoms with Crippen LogP contribution in [0.5, 0.6) is 0 Å². The van der Waals surface area contributed by atoms with Crippen LogP contribution >= 0.6 is 11.3 Å². The van der Waals surface area contributed by atoms with Crippen LogP contribution in [0.1, 0.15) is 61.7 Å². The number of piperidine rings is 1. The van der Waals surface area contributed by atoms with Gasteiger partial charge in [-0.25, -0.2) is 9.50 Å². The molecule has 1 atom stereocenters. The summed E-state index contributed by atoms with van der Waals surface area (Å²) in [6, 6.07) is 4.49. The Morgan fingerprint density at radius 2 is 2.19 bits per heavy atom. The number of aromatic amines is 1. The van der Waals surface area contributed by atoms with Crippen molar-refractivity contribution < 1.29 is 4.79 Å². The van der Waals surface area contributed by atoms with E-state index in [0.29, 0.717) is 30.7 Å². The molecule has 3 aromatic heterocycles. The molecule has 7 nitrogen and oxygen atoms in total. The second-order valence-corrected chi connectivity index (χ2v) is 9.81. The first-order chi connectivity index (χ1) is 15.0. The van der Waals surface area contributed by atoms with Crippen LogP contribution in [-0.2, 0) is 24.3 Å². The predicted octanol–water partition coefficient (Wildman–Crippen LogP) is 3.35. The molecule has 0 aromatic carbocycles. The van der Waals surface area contributed by atoms with Gasteiger partial charge >= 0.3 is 0 Å². The minimum Gasteiger partial charge on any atom is -0.337 e. The van der Waals surface area contributed by atoms with Crippen LogP contribution in [0, 0.1) is 5.92 Å². The van der Waals surface area contributed by atoms with Gasteiger partial charge in [0.25, 0.3) is 5.56 Å². The highest BCUT2D eigenvalue weighted by atomic mass is 32.1. The summed E-state index contributed by atoms with van der Waals surface area (Å²) < 4.78 is 1.58. The molecule has 0 radical (unpaired) electrons. The van der Waals surface area contributed by atoms with Gasteiger partial charge in [-0.2, -0.15) is 11.3 Å². The van der Waals surface area contributed by atoms with Crippen molar-refractivity contribution >= 4 is 22.9 Å². The highest BCUT2D eigenvalue weighted by Crippen LogP contribution is 2.32. The minimum absolute atomic E-state index is 0.0707. The third-order valence-corrected chi connectivity index (χ3v) is 7.26. The van der Waals surface area contributed by atoms with Crippen LogP contribution in [0.3, 0.4) is 0 Å². The maximum atomic E-state index is 13.3. The van der Waals surface area contributed by atoms with E-state index in [-0.39, 0.29) is 23.4 Å². The molecule has 1 N–H and O–H groups in total. The molecule has 3 aromatic rings. The number of fused-ring (bicyclic) bond motifs is 2. The number of carbonyl (C=O) groups is 1. The minimum atomic E-state index is -0.0762. The van der Waals surface area contributed by atoms with Crippen molar-refractivity contribution in [2.24, 2.45) is 5.92 Å². The number of H-pyrrole nitrogens is 1. The van der Waals surface area contributed by atoms with E-state index < -0.39 is 0 Å². The lowest BCUT2D eigenvalue weighted by molar-refractivity contribution is -0.135. The largest absolute Gasteiger partial charge is 0.337 e. The number of likely N-dealkylation sites (tertiary alicyclic amines) is 1. The van der Waals surface area contributed by atoms with Crippen LogP contribution < -0.4 is 5.56 Å². The lowest BCUT2D eigenvalue weighted by Crippen LogP contribution is -2.41. The molecule has 31 heavy (non-hydrogen) atoms. The SMILES string of the molecule is CC(C)C(=O)N1CCc2nc3cc([C@@H]4CCCCN4Cc4ccsc4)[nH]n3c(=O)c2C1. The van der Waals surface area contributed by atoms with Crippen LogP contribution in [0.4, 0.5) is 0 Å². The first kappa shape index (κ1) is 20.5. The third kappa shape index (κ3) is 3.83. The lowest BCUT2D eigenvalue weighted by atomic mass is 9.99. The van der Waals surface area contributed by atoms with E-state index in [1.165, 1.54) is 18.4 Å². The zero-order valence-electron chi connectivity index (χ0n) is 18.1. The first-order valence-corrected chi connectivity index (χ1v) is 12.1. The molecule has 0 unspecified atom stereocenters. The Bertz CT molecular complexity index is 1150. The molecule has 1 saturated heterocycles. The van der Waals surface area contributed by atoms with Gasteiger partial charge in [-0.1, -0.05) is 20.3 Å². The van der Waals surface area contributed by atoms with Gasteiger partial charge in [0.05, 0.1) is 29.5 Å². The number of nitrogens with one attached hydrogen (secondary N) is 1. The van der Waals surface area contributed by atoms with Gasteiger partial charge in [-0.15, -0.1) is 0 Å². The zero-order chi connectivity index (χ0) is 21.5. The average Bonchev–Trinajstić information content (AvgIpc) is 3.43. The van der Waals surface area contributed by atoms with Crippen molar-refractivity contribution in [1.82, 2.24) is 24.4 Å². The molecule has 0 bridgehead atoms. The molecule has 1 fully saturated rings. The number of aromatic nitrogens is 3. The van der Waals surface area contributed by atoms with Gasteiger partial charge in [-0.05, 0) is 41.8 Å². The van der Waals surface area contributed by atoms with Crippen molar-refractivity contribution in [3.05, 3.63) is 55.8 Å². The normalized spacial score (nSPS) is 19.8. The summed E-state index contributed by atoms with van der Waals surface area (Å²) in [6.45, 7) is 6.75. The molecule has 0 aliphatic carbocycles. The number of amides is 1. The van der Waals surface area contributed by atoms with E-state index in [2.05, 4.69) is 26.8 Å². The standard InChI is InChI=1S/C23H29N5O2S/c1-15(2)22(29)27-9-6-18-17(13-27)23(30)28-21(24-18)11-19(25-28)20-5-3-4-8-26(20)12-16-7-10-31-14-16/h7,10-11,14-15,20,25H,3-6,8-9,12-13H2,1-2H3/t20-/m0/s1. The summed E-state index contributed by atoms with van der Waals surface area (Å²) in [6.07, 6.45) is 4.09. The number of thiophene rings is 1. The maximum absolute atomic E-state index is 13.3. The highest BCUT2D eigenvalue weighted by molar-refractivity contribution is 7.07. The quantitative estimate of drug-likeness (QED) is 0.677. The molecule has 0 spiro atoms. The zero-order valence-corrected chi connectivity index (χ0v) is 19.0. The van der Waals surface area contributed by atoms with E-state index >= 15 is 0 Å². The van der Waals surface area contributed by atoms with Crippen molar-refractivity contribution in [2.75, 3.05) is 13.1 Å². The van der Waals surface area contributed by atoms with Crippen molar-refractivity contribution in [2.45, 2.75) is 58.7 Å². The molecule has 2 aliphatic rings. The van der Waals surface area contributed by atoms with E-state index in [0.717, 1.165) is 30.9 Å². The third-order valence-electron chi connectivity index (χ3n) is 6.53. The molecule has 8 heteroatoms. The molecule has 5 rings (SSSR count). The molecule has 164 valence electrons. The fourth-order valence-electron chi connectivity index (χ4n) is 4.87. The van der Waals surface area contributed by atoms with Gasteiger partial charge < -0.3 is 4.90 Å². The van der Waals surface area contributed by atoms with Gasteiger partial charge in [0, 0.05) is 31.5 Å². The number of rotatable bonds is 4. The number of carbonyl (C=O) groups excluding carboxylic acids is 1. The molecule has 5 heterocycles. The molecule has 1 amide bonds. The second kappa shape index (κ2) is 8.24. The summed E-state index contributed by atoms with van der Waals surface area (Å²) in [5.41, 5.74) is 4.48. The summed E-state index contributed by atoms with van der Waals surface area (Å²) in [5.74, 6) is 0.0206. The topological polar surface area (TPSA) is 73.7 Å². The number of hydrogen-bond acceptors (Lipinski definition) is 5. The summed E-state index contributed by atoms with van der Waals surface area (Å²) in [4.78, 5) is 34.8. The lowest BCUT2D eigenvalue weighted by Gasteiger charge is -2.34. The maximum Gasteiger partial charge on any atom is 0.277 e. The number of nitrogens with zero attached hydrogens (tertiary/aromatic N) is 4. The van der Waals surface area contributed by atoms with Crippen LogP contribution in [0.25, 0.3) is 5.65 Å². The predicted molar refractivity (Wildman–Crippen MR) is 121 cm³/mol. The smallest absolute Gasteiger partial charge is 0.277 e. The van der Waals surface area contributed by atoms with Gasteiger partial charge in [-0.3, -0.25) is 19.6 Å². The van der Waals surface area contributed by atoms with Crippen molar-refractivity contribution in [3.63, 3.8) is 0 Å². The van der Waals surface area contributed by atoms with Crippen molar-refractivity contribution in [3.8, 4) is 0 Å². The van der Waals surface area contributed by atoms with Crippen LogP contribution in [-0.4, -0.2) is 43.4 Å². The molecule has 0 saturated carbocycles. The first-order valence-electron chi connectivity index (χ1n) is 11.2. The monoisotopic (exact) mass is 439 g/mol. The van der Waals surface area contributed by atoms with Crippen LogP contribution in [0.2, 0.25) is 0 Å². The summed E-state index contributed by atoms with van der Waals surface area (Å²) in [7, 11) is 0. The fraction of sp³-hybridized carbons (Fsp3) is 0.522. The summed E-state index contributed by atoms with van der Waals surface area (Å²) >= 11 is 1.73. The van der Waals surface area contributed by atoms with Gasteiger partial charge in [0.1, 0.15) is 0 Å². The van der Waals surface area contributed by atoms with E-state index in [1.54, 1.807) is 20.8 Å². The fourth-order valence-corrected chi connectivity index (χ4v) is 5.53. The van der Waals surface area contributed by atoms with E-state index in [4.69, 9.17) is 4.98 Å². The Hall–Kier alpha value is -2.45. The van der Waals surface area contributed by atoms with Crippen molar-refractivity contribution in [1.29, 1.82) is 0 Å². The second-order valence-electron chi connectivity index (χ2n) is 9.03. The Balaban J connectivity index is 1.47. The Kier molecular flexibility index (Phi) is 5.44. The number of hydrogen-bond donors (Lipinski definition) is 1. The Morgan fingerprint density at radius 1 is 1.32 bits per heavy atom. The van der Waals surface area contributed by atoms with E-state index in [1.807, 2.05) is 19.9 Å². The van der Waals surface area contributed by atoms with Gasteiger partial charge in [0.15, 0.2) is 5.65 Å². The Labute approximate surface area is 185 Å². The highest BCUT2D eigenvalue weighted by Gasteiger charge is 2.29. The Morgan fingerprint density at radius 3 is 2.97 bits per heavy atom. The average molecular weight is 440 g/mol. The molecular formula is C23H29N5O2S. The summed E-state index contributed by atoms with van der Waals surface area (Å²) in [5, 5.41) is 7.69. The van der Waals surface area contributed by atoms with Crippen LogP contribution in [0.15, 0.2) is 27.7 Å². The molecular weight excluding hydrogens is 410 g/mol. The molecule has 2 aliphatic heterocycles. The van der Waals surface area contributed by atoms with Gasteiger partial charge in [0.2, 0.25) is 5.91 Å². The van der Waals surface area contributed by atoms with E-state index in [9.17, 15) is 9.59 Å².